The number of hydrogen-bond donors (Lipinski definition) is 1. The summed E-state index contributed by atoms with van der Waals surface area (Å²) < 4.78 is 88.7. The molecule has 2 aromatic carbocycles. The van der Waals surface area contributed by atoms with Crippen LogP contribution in [-0.2, 0) is 0 Å². The largest absolute Gasteiger partial charge is 0.573 e. The summed E-state index contributed by atoms with van der Waals surface area (Å²) in [4.78, 5) is 0. The minimum absolute atomic E-state index is 0.0210. The average molecular weight is 381 g/mol. The highest BCUT2D eigenvalue weighted by Gasteiger charge is 2.34. The third-order valence-electron chi connectivity index (χ3n) is 2.97. The van der Waals surface area contributed by atoms with Gasteiger partial charge in [-0.15, -0.1) is 26.3 Å². The van der Waals surface area contributed by atoms with E-state index < -0.39 is 24.2 Å². The quantitative estimate of drug-likeness (QED) is 0.750. The van der Waals surface area contributed by atoms with E-state index >= 15 is 0 Å². The normalized spacial score (nSPS) is 12.0. The summed E-state index contributed by atoms with van der Waals surface area (Å²) in [6.45, 7) is 0.165. The van der Waals surface area contributed by atoms with Gasteiger partial charge in [0.05, 0.1) is 0 Å². The first kappa shape index (κ1) is 19.7. The van der Waals surface area contributed by atoms with Crippen LogP contribution in [-0.4, -0.2) is 25.9 Å². The Morgan fingerprint density at radius 1 is 0.769 bits per heavy atom. The molecule has 0 bridgehead atoms. The molecule has 0 fully saturated rings. The second kappa shape index (κ2) is 7.73. The van der Waals surface area contributed by atoms with Gasteiger partial charge in [-0.05, 0) is 18.2 Å². The highest BCUT2D eigenvalue weighted by molar-refractivity contribution is 5.76. The van der Waals surface area contributed by atoms with E-state index in [1.165, 1.54) is 24.3 Å². The molecule has 0 aliphatic carbocycles. The van der Waals surface area contributed by atoms with Crippen molar-refractivity contribution in [2.24, 2.45) is 5.73 Å². The molecule has 2 N–H and O–H groups in total. The smallest absolute Gasteiger partial charge is 0.492 e. The zero-order chi connectivity index (χ0) is 19.4. The molecule has 0 amide bonds. The van der Waals surface area contributed by atoms with Crippen LogP contribution in [0.1, 0.15) is 0 Å². The lowest BCUT2D eigenvalue weighted by Crippen LogP contribution is -2.19. The molecule has 2 rings (SSSR count). The summed E-state index contributed by atoms with van der Waals surface area (Å²) in [5.41, 5.74) is 4.78. The monoisotopic (exact) mass is 381 g/mol. The molecule has 0 aromatic heterocycles. The zero-order valence-electron chi connectivity index (χ0n) is 13.0. The number of rotatable bonds is 6. The van der Waals surface area contributed by atoms with Crippen LogP contribution in [0.5, 0.6) is 17.2 Å². The number of halogens is 6. The lowest BCUT2D eigenvalue weighted by atomic mass is 10.0. The van der Waals surface area contributed by atoms with Gasteiger partial charge in [0, 0.05) is 23.7 Å². The van der Waals surface area contributed by atoms with Crippen LogP contribution in [0.4, 0.5) is 26.3 Å². The topological polar surface area (TPSA) is 53.7 Å². The molecule has 0 spiro atoms. The van der Waals surface area contributed by atoms with Crippen molar-refractivity contribution in [1.82, 2.24) is 0 Å². The Bertz CT molecular complexity index is 745. The average Bonchev–Trinajstić information content (AvgIpc) is 2.51. The van der Waals surface area contributed by atoms with Gasteiger partial charge in [0.1, 0.15) is 23.9 Å². The lowest BCUT2D eigenvalue weighted by molar-refractivity contribution is -0.276. The van der Waals surface area contributed by atoms with Crippen LogP contribution in [0, 0.1) is 0 Å². The SMILES string of the molecule is NCCOc1ccc(-c2ccccc2OC(F)(F)F)c(OC(F)(F)F)c1. The number of benzene rings is 2. The van der Waals surface area contributed by atoms with Crippen LogP contribution in [0.15, 0.2) is 42.5 Å². The highest BCUT2D eigenvalue weighted by atomic mass is 19.4. The maximum Gasteiger partial charge on any atom is 0.573 e. The van der Waals surface area contributed by atoms with Crippen LogP contribution < -0.4 is 19.9 Å². The minimum atomic E-state index is -5.05. The van der Waals surface area contributed by atoms with Gasteiger partial charge >= 0.3 is 12.7 Å². The number of alkyl halides is 6. The second-order valence-corrected chi connectivity index (χ2v) is 4.89. The van der Waals surface area contributed by atoms with Crippen molar-refractivity contribution in [1.29, 1.82) is 0 Å². The van der Waals surface area contributed by atoms with Gasteiger partial charge in [-0.2, -0.15) is 0 Å². The summed E-state index contributed by atoms with van der Waals surface area (Å²) >= 11 is 0. The number of ether oxygens (including phenoxy) is 3. The second-order valence-electron chi connectivity index (χ2n) is 4.89. The number of para-hydroxylation sites is 1. The van der Waals surface area contributed by atoms with Gasteiger partial charge in [0.2, 0.25) is 0 Å². The number of nitrogens with two attached hydrogens (primary N) is 1. The summed E-state index contributed by atoms with van der Waals surface area (Å²) in [7, 11) is 0. The molecule has 10 heteroatoms. The fourth-order valence-electron chi connectivity index (χ4n) is 2.10. The van der Waals surface area contributed by atoms with Gasteiger partial charge in [0.15, 0.2) is 0 Å². The van der Waals surface area contributed by atoms with E-state index in [0.717, 1.165) is 18.2 Å². The molecule has 0 aliphatic heterocycles. The first-order valence-electron chi connectivity index (χ1n) is 7.17. The molecule has 26 heavy (non-hydrogen) atoms. The molecular weight excluding hydrogens is 368 g/mol. The van der Waals surface area contributed by atoms with Crippen LogP contribution in [0.2, 0.25) is 0 Å². The molecular formula is C16H13F6NO3. The maximum absolute atomic E-state index is 12.7. The molecule has 0 atom stereocenters. The predicted molar refractivity (Wildman–Crippen MR) is 79.8 cm³/mol. The van der Waals surface area contributed by atoms with Crippen LogP contribution >= 0.6 is 0 Å². The molecule has 4 nitrogen and oxygen atoms in total. The van der Waals surface area contributed by atoms with E-state index in [1.54, 1.807) is 0 Å². The molecule has 0 radical (unpaired) electrons. The molecule has 2 aromatic rings. The van der Waals surface area contributed by atoms with Crippen molar-refractivity contribution in [2.75, 3.05) is 13.2 Å². The Labute approximate surface area is 144 Å². The van der Waals surface area contributed by atoms with E-state index in [0.29, 0.717) is 0 Å². The van der Waals surface area contributed by atoms with Crippen molar-refractivity contribution in [3.63, 3.8) is 0 Å². The molecule has 0 aliphatic rings. The van der Waals surface area contributed by atoms with E-state index in [4.69, 9.17) is 10.5 Å². The Kier molecular flexibility index (Phi) is 5.86. The number of hydrogen-bond acceptors (Lipinski definition) is 4. The van der Waals surface area contributed by atoms with Gasteiger partial charge < -0.3 is 19.9 Å². The minimum Gasteiger partial charge on any atom is -0.492 e. The van der Waals surface area contributed by atoms with Crippen molar-refractivity contribution in [3.8, 4) is 28.4 Å². The Morgan fingerprint density at radius 3 is 1.96 bits per heavy atom. The Morgan fingerprint density at radius 2 is 1.35 bits per heavy atom. The van der Waals surface area contributed by atoms with Crippen LogP contribution in [0.25, 0.3) is 11.1 Å². The summed E-state index contributed by atoms with van der Waals surface area (Å²) in [5, 5.41) is 0. The summed E-state index contributed by atoms with van der Waals surface area (Å²) in [5.74, 6) is -1.37. The van der Waals surface area contributed by atoms with Crippen molar-refractivity contribution in [2.45, 2.75) is 12.7 Å². The van der Waals surface area contributed by atoms with Gasteiger partial charge in [-0.25, -0.2) is 0 Å². The third kappa shape index (κ3) is 5.73. The third-order valence-corrected chi connectivity index (χ3v) is 2.97. The fourth-order valence-corrected chi connectivity index (χ4v) is 2.10. The van der Waals surface area contributed by atoms with Crippen molar-refractivity contribution in [3.05, 3.63) is 42.5 Å². The van der Waals surface area contributed by atoms with E-state index in [9.17, 15) is 26.3 Å². The molecule has 0 saturated carbocycles. The predicted octanol–water partition coefficient (Wildman–Crippen LogP) is 4.49. The fraction of sp³-hybridized carbons (Fsp3) is 0.250. The molecule has 0 unspecified atom stereocenters. The van der Waals surface area contributed by atoms with Crippen LogP contribution in [0.3, 0.4) is 0 Å². The van der Waals surface area contributed by atoms with Crippen molar-refractivity contribution < 1.29 is 40.6 Å². The highest BCUT2D eigenvalue weighted by Crippen LogP contribution is 2.41. The summed E-state index contributed by atoms with van der Waals surface area (Å²) in [6.07, 6.45) is -10.1. The van der Waals surface area contributed by atoms with Gasteiger partial charge in [0.25, 0.3) is 0 Å². The van der Waals surface area contributed by atoms with Gasteiger partial charge in [-0.1, -0.05) is 18.2 Å². The Hall–Kier alpha value is -2.62. The zero-order valence-corrected chi connectivity index (χ0v) is 13.0. The Balaban J connectivity index is 2.51. The van der Waals surface area contributed by atoms with Crippen molar-refractivity contribution >= 4 is 0 Å². The first-order chi connectivity index (χ1) is 12.1. The van der Waals surface area contributed by atoms with E-state index in [1.807, 2.05) is 0 Å². The van der Waals surface area contributed by atoms with Gasteiger partial charge in [-0.3, -0.25) is 0 Å². The molecule has 0 saturated heterocycles. The van der Waals surface area contributed by atoms with E-state index in [2.05, 4.69) is 9.47 Å². The summed E-state index contributed by atoms with van der Waals surface area (Å²) in [6, 6.07) is 8.13. The molecule has 142 valence electrons. The lowest BCUT2D eigenvalue weighted by Gasteiger charge is -2.18. The van der Waals surface area contributed by atoms with E-state index in [-0.39, 0.29) is 30.0 Å². The molecule has 0 heterocycles. The standard InChI is InChI=1S/C16H13F6NO3/c17-15(18,19)25-13-4-2-1-3-11(13)12-6-5-10(24-8-7-23)9-14(12)26-16(20,21)22/h1-6,9H,7-8,23H2. The first-order valence-corrected chi connectivity index (χ1v) is 7.17. The maximum atomic E-state index is 12.7.